The van der Waals surface area contributed by atoms with Crippen molar-refractivity contribution in [3.63, 3.8) is 0 Å². The molecule has 0 amide bonds. The van der Waals surface area contributed by atoms with E-state index >= 15 is 0 Å². The number of rotatable bonds is 2. The third kappa shape index (κ3) is 1.98. The lowest BCUT2D eigenvalue weighted by molar-refractivity contribution is 1.15. The highest BCUT2D eigenvalue weighted by Gasteiger charge is 2.18. The summed E-state index contributed by atoms with van der Waals surface area (Å²) in [6.45, 7) is 9.37. The Balaban J connectivity index is 3.14. The summed E-state index contributed by atoms with van der Waals surface area (Å²) < 4.78 is 0. The van der Waals surface area contributed by atoms with Gasteiger partial charge in [-0.15, -0.1) is 0 Å². The minimum Gasteiger partial charge on any atom is -0.0656 e. The van der Waals surface area contributed by atoms with E-state index in [1.165, 1.54) is 5.56 Å². The van der Waals surface area contributed by atoms with Crippen molar-refractivity contribution in [2.75, 3.05) is 0 Å². The number of benzene rings is 1. The Morgan fingerprint density at radius 2 is 2.00 bits per heavy atom. The van der Waals surface area contributed by atoms with Gasteiger partial charge in [-0.2, -0.15) is 0 Å². The van der Waals surface area contributed by atoms with E-state index < -0.39 is 8.07 Å². The van der Waals surface area contributed by atoms with Crippen molar-refractivity contribution in [1.82, 2.24) is 0 Å². The van der Waals surface area contributed by atoms with Gasteiger partial charge in [0.1, 0.15) is 0 Å². The Bertz CT molecular complexity index is 258. The Kier molecular flexibility index (Phi) is 2.73. The summed E-state index contributed by atoms with van der Waals surface area (Å²) in [5.41, 5.74) is 1.51. The van der Waals surface area contributed by atoms with Crippen molar-refractivity contribution in [3.05, 3.63) is 29.8 Å². The van der Waals surface area contributed by atoms with E-state index in [-0.39, 0.29) is 0 Å². The standard InChI is InChI=1S/C11H17Si/c1-5-10-8-6-7-9-11(10)12(2,3)4/h6,8-9H,5H2,1-4H3. The molecule has 1 aromatic rings. The zero-order valence-corrected chi connectivity index (χ0v) is 9.44. The van der Waals surface area contributed by atoms with E-state index in [1.54, 1.807) is 5.19 Å². The third-order valence-electron chi connectivity index (χ3n) is 2.14. The topological polar surface area (TPSA) is 0 Å². The van der Waals surface area contributed by atoms with E-state index in [9.17, 15) is 0 Å². The van der Waals surface area contributed by atoms with E-state index in [0.29, 0.717) is 0 Å². The van der Waals surface area contributed by atoms with Gasteiger partial charge >= 0.3 is 0 Å². The van der Waals surface area contributed by atoms with Crippen LogP contribution in [0, 0.1) is 6.07 Å². The molecule has 0 fully saturated rings. The monoisotopic (exact) mass is 177 g/mol. The lowest BCUT2D eigenvalue weighted by Crippen LogP contribution is -2.39. The first-order valence-electron chi connectivity index (χ1n) is 4.55. The summed E-state index contributed by atoms with van der Waals surface area (Å²) in [5, 5.41) is 1.56. The normalized spacial score (nSPS) is 11.7. The maximum absolute atomic E-state index is 3.18. The fourth-order valence-corrected chi connectivity index (χ4v) is 3.21. The van der Waals surface area contributed by atoms with Crippen LogP contribution in [-0.4, -0.2) is 8.07 Å². The van der Waals surface area contributed by atoms with Crippen LogP contribution in [0.25, 0.3) is 0 Å². The van der Waals surface area contributed by atoms with Crippen LogP contribution in [0.4, 0.5) is 0 Å². The highest BCUT2D eigenvalue weighted by molar-refractivity contribution is 6.89. The SMILES string of the molecule is CCc1cc[c]cc1[Si](C)(C)C. The van der Waals surface area contributed by atoms with E-state index in [4.69, 9.17) is 0 Å². The van der Waals surface area contributed by atoms with Crippen LogP contribution in [0.15, 0.2) is 18.2 Å². The first kappa shape index (κ1) is 9.52. The van der Waals surface area contributed by atoms with Crippen LogP contribution < -0.4 is 5.19 Å². The molecule has 0 aliphatic heterocycles. The molecule has 1 heteroatoms. The van der Waals surface area contributed by atoms with Crippen LogP contribution >= 0.6 is 0 Å². The largest absolute Gasteiger partial charge is 0.0779 e. The van der Waals surface area contributed by atoms with E-state index in [2.05, 4.69) is 44.8 Å². The van der Waals surface area contributed by atoms with Gasteiger partial charge in [-0.3, -0.25) is 0 Å². The smallest absolute Gasteiger partial charge is 0.0656 e. The molecular formula is C11H17Si. The average molecular weight is 177 g/mol. The molecule has 0 saturated carbocycles. The van der Waals surface area contributed by atoms with Crippen LogP contribution in [0.2, 0.25) is 19.6 Å². The van der Waals surface area contributed by atoms with Gasteiger partial charge in [-0.25, -0.2) is 0 Å². The van der Waals surface area contributed by atoms with Crippen molar-refractivity contribution < 1.29 is 0 Å². The number of hydrogen-bond acceptors (Lipinski definition) is 0. The zero-order chi connectivity index (χ0) is 9.19. The van der Waals surface area contributed by atoms with Gasteiger partial charge < -0.3 is 0 Å². The van der Waals surface area contributed by atoms with Gasteiger partial charge in [0.05, 0.1) is 8.07 Å². The maximum Gasteiger partial charge on any atom is 0.0779 e. The van der Waals surface area contributed by atoms with E-state index in [1.807, 2.05) is 6.07 Å². The van der Waals surface area contributed by atoms with Gasteiger partial charge in [-0.1, -0.05) is 50.0 Å². The molecule has 0 nitrogen and oxygen atoms in total. The zero-order valence-electron chi connectivity index (χ0n) is 8.44. The van der Waals surface area contributed by atoms with Crippen LogP contribution in [0.1, 0.15) is 12.5 Å². The van der Waals surface area contributed by atoms with Crippen molar-refractivity contribution in [2.45, 2.75) is 33.0 Å². The number of aryl methyl sites for hydroxylation is 1. The second-order valence-electron chi connectivity index (χ2n) is 4.19. The van der Waals surface area contributed by atoms with Gasteiger partial charge in [0.25, 0.3) is 0 Å². The molecule has 0 aliphatic carbocycles. The molecule has 0 aliphatic rings. The molecule has 0 bridgehead atoms. The van der Waals surface area contributed by atoms with Crippen LogP contribution in [0.5, 0.6) is 0 Å². The van der Waals surface area contributed by atoms with Crippen LogP contribution in [-0.2, 0) is 6.42 Å². The molecule has 1 radical (unpaired) electrons. The highest BCUT2D eigenvalue weighted by atomic mass is 28.3. The molecular weight excluding hydrogens is 160 g/mol. The highest BCUT2D eigenvalue weighted by Crippen LogP contribution is 2.06. The summed E-state index contributed by atoms with van der Waals surface area (Å²) in [7, 11) is -1.13. The Morgan fingerprint density at radius 3 is 2.42 bits per heavy atom. The summed E-state index contributed by atoms with van der Waals surface area (Å²) in [4.78, 5) is 0. The van der Waals surface area contributed by atoms with Crippen LogP contribution in [0.3, 0.4) is 0 Å². The second-order valence-corrected chi connectivity index (χ2v) is 9.23. The van der Waals surface area contributed by atoms with E-state index in [0.717, 1.165) is 6.42 Å². The Labute approximate surface area is 76.6 Å². The average Bonchev–Trinajstić information content (AvgIpc) is 2.03. The summed E-state index contributed by atoms with van der Waals surface area (Å²) in [5.74, 6) is 0. The summed E-state index contributed by atoms with van der Waals surface area (Å²) >= 11 is 0. The van der Waals surface area contributed by atoms with Crippen molar-refractivity contribution in [3.8, 4) is 0 Å². The number of hydrogen-bond donors (Lipinski definition) is 0. The molecule has 0 N–H and O–H groups in total. The molecule has 1 aromatic carbocycles. The minimum atomic E-state index is -1.13. The molecule has 0 saturated heterocycles. The first-order chi connectivity index (χ1) is 5.55. The molecule has 0 unspecified atom stereocenters. The predicted octanol–water partition coefficient (Wildman–Crippen LogP) is 2.59. The van der Waals surface area contributed by atoms with Gasteiger partial charge in [0.15, 0.2) is 0 Å². The fourth-order valence-electron chi connectivity index (χ4n) is 1.47. The quantitative estimate of drug-likeness (QED) is 0.609. The Morgan fingerprint density at radius 1 is 1.33 bits per heavy atom. The molecule has 0 heterocycles. The second kappa shape index (κ2) is 3.44. The summed E-state index contributed by atoms with van der Waals surface area (Å²) in [6.07, 6.45) is 1.15. The van der Waals surface area contributed by atoms with Crippen molar-refractivity contribution in [2.24, 2.45) is 0 Å². The molecule has 65 valence electrons. The predicted molar refractivity (Wildman–Crippen MR) is 57.6 cm³/mol. The maximum atomic E-state index is 3.18. The van der Waals surface area contributed by atoms with Gasteiger partial charge in [-0.05, 0) is 18.1 Å². The summed E-state index contributed by atoms with van der Waals surface area (Å²) in [6, 6.07) is 9.57. The molecule has 1 rings (SSSR count). The van der Waals surface area contributed by atoms with Crippen molar-refractivity contribution >= 4 is 13.3 Å². The molecule has 0 atom stereocenters. The van der Waals surface area contributed by atoms with Gasteiger partial charge in [0.2, 0.25) is 0 Å². The minimum absolute atomic E-state index is 1.13. The Hall–Kier alpha value is -0.563. The lowest BCUT2D eigenvalue weighted by Gasteiger charge is -2.19. The lowest BCUT2D eigenvalue weighted by atomic mass is 10.2. The van der Waals surface area contributed by atoms with Crippen molar-refractivity contribution in [1.29, 1.82) is 0 Å². The molecule has 0 spiro atoms. The molecule has 12 heavy (non-hydrogen) atoms. The fraction of sp³-hybridized carbons (Fsp3) is 0.455. The first-order valence-corrected chi connectivity index (χ1v) is 8.05. The van der Waals surface area contributed by atoms with Gasteiger partial charge in [0, 0.05) is 0 Å². The molecule has 0 aromatic heterocycles. The third-order valence-corrected chi connectivity index (χ3v) is 4.22.